The molecule has 0 aliphatic heterocycles. The highest BCUT2D eigenvalue weighted by Crippen LogP contribution is 2.36. The van der Waals surface area contributed by atoms with Crippen molar-refractivity contribution in [2.75, 3.05) is 12.4 Å². The number of imidazole rings is 1. The Morgan fingerprint density at radius 2 is 2.06 bits per heavy atom. The zero-order valence-corrected chi connectivity index (χ0v) is 10.0. The second kappa shape index (κ2) is 4.53. The van der Waals surface area contributed by atoms with E-state index in [1.165, 1.54) is 22.9 Å². The van der Waals surface area contributed by atoms with Crippen LogP contribution in [0.15, 0.2) is 30.6 Å². The summed E-state index contributed by atoms with van der Waals surface area (Å²) in [5.74, 6) is 0.449. The summed E-state index contributed by atoms with van der Waals surface area (Å²) < 4.78 is 39.7. The zero-order valence-electron chi connectivity index (χ0n) is 9.29. The van der Waals surface area contributed by atoms with Crippen molar-refractivity contribution in [1.82, 2.24) is 9.55 Å². The van der Waals surface area contributed by atoms with Gasteiger partial charge < -0.3 is 5.32 Å². The molecule has 0 fully saturated rings. The summed E-state index contributed by atoms with van der Waals surface area (Å²) in [6, 6.07) is 3.71. The van der Waals surface area contributed by atoms with Gasteiger partial charge in [-0.1, -0.05) is 11.6 Å². The van der Waals surface area contributed by atoms with Crippen molar-refractivity contribution >= 4 is 17.5 Å². The largest absolute Gasteiger partial charge is 0.417 e. The maximum Gasteiger partial charge on any atom is 0.417 e. The first-order valence-corrected chi connectivity index (χ1v) is 5.39. The number of anilines is 1. The number of hydrogen-bond acceptors (Lipinski definition) is 2. The molecule has 7 heteroatoms. The molecule has 0 unspecified atom stereocenters. The van der Waals surface area contributed by atoms with Crippen molar-refractivity contribution in [3.8, 4) is 5.69 Å². The molecular formula is C11H9ClF3N3. The molecule has 0 bridgehead atoms. The normalized spacial score (nSPS) is 11.6. The molecule has 2 rings (SSSR count). The van der Waals surface area contributed by atoms with Gasteiger partial charge in [0, 0.05) is 25.1 Å². The maximum atomic E-state index is 12.7. The first-order chi connectivity index (χ1) is 8.43. The Hall–Kier alpha value is -1.69. The minimum atomic E-state index is -4.48. The fourth-order valence-corrected chi connectivity index (χ4v) is 1.80. The summed E-state index contributed by atoms with van der Waals surface area (Å²) in [6.07, 6.45) is -1.42. The Bertz CT molecular complexity index is 563. The van der Waals surface area contributed by atoms with Crippen molar-refractivity contribution in [1.29, 1.82) is 0 Å². The van der Waals surface area contributed by atoms with E-state index in [0.29, 0.717) is 11.6 Å². The molecule has 1 heterocycles. The number of benzene rings is 1. The number of nitrogens with one attached hydrogen (secondary N) is 1. The number of nitrogens with zero attached hydrogens (tertiary/aromatic N) is 2. The van der Waals surface area contributed by atoms with Gasteiger partial charge in [0.25, 0.3) is 0 Å². The molecular weight excluding hydrogens is 267 g/mol. The van der Waals surface area contributed by atoms with Crippen molar-refractivity contribution in [3.05, 3.63) is 41.2 Å². The van der Waals surface area contributed by atoms with Crippen molar-refractivity contribution < 1.29 is 13.2 Å². The van der Waals surface area contributed by atoms with Crippen molar-refractivity contribution in [2.24, 2.45) is 0 Å². The van der Waals surface area contributed by atoms with Crippen LogP contribution in [-0.4, -0.2) is 16.6 Å². The van der Waals surface area contributed by atoms with Crippen LogP contribution < -0.4 is 5.32 Å². The van der Waals surface area contributed by atoms with Gasteiger partial charge in [0.05, 0.1) is 10.6 Å². The lowest BCUT2D eigenvalue weighted by Gasteiger charge is -2.12. The average Bonchev–Trinajstić information content (AvgIpc) is 2.76. The van der Waals surface area contributed by atoms with E-state index in [-0.39, 0.29) is 5.02 Å². The minimum Gasteiger partial charge on any atom is -0.358 e. The Morgan fingerprint density at radius 3 is 2.67 bits per heavy atom. The summed E-state index contributed by atoms with van der Waals surface area (Å²) in [4.78, 5) is 3.96. The highest BCUT2D eigenvalue weighted by molar-refractivity contribution is 6.31. The highest BCUT2D eigenvalue weighted by atomic mass is 35.5. The molecule has 0 saturated carbocycles. The lowest BCUT2D eigenvalue weighted by molar-refractivity contribution is -0.137. The minimum absolute atomic E-state index is 0.322. The van der Waals surface area contributed by atoms with E-state index in [0.717, 1.165) is 6.07 Å². The van der Waals surface area contributed by atoms with Gasteiger partial charge in [-0.2, -0.15) is 13.2 Å². The molecule has 1 N–H and O–H groups in total. The van der Waals surface area contributed by atoms with Gasteiger partial charge >= 0.3 is 6.18 Å². The van der Waals surface area contributed by atoms with E-state index < -0.39 is 11.7 Å². The fourth-order valence-electron chi connectivity index (χ4n) is 1.58. The third-order valence-corrected chi connectivity index (χ3v) is 2.73. The summed E-state index contributed by atoms with van der Waals surface area (Å²) in [5, 5.41) is 2.46. The molecule has 0 aliphatic rings. The second-order valence-electron chi connectivity index (χ2n) is 3.53. The number of aromatic nitrogens is 2. The number of alkyl halides is 3. The van der Waals surface area contributed by atoms with Crippen LogP contribution in [0.1, 0.15) is 5.56 Å². The van der Waals surface area contributed by atoms with E-state index in [1.807, 2.05) is 0 Å². The predicted octanol–water partition coefficient (Wildman–Crippen LogP) is 3.59. The van der Waals surface area contributed by atoms with Gasteiger partial charge in [0.2, 0.25) is 5.95 Å². The van der Waals surface area contributed by atoms with Crippen LogP contribution in [0.2, 0.25) is 5.02 Å². The fraction of sp³-hybridized carbons (Fsp3) is 0.182. The third kappa shape index (κ3) is 2.28. The Labute approximate surface area is 106 Å². The van der Waals surface area contributed by atoms with Gasteiger partial charge in [-0.05, 0) is 18.2 Å². The van der Waals surface area contributed by atoms with Gasteiger partial charge in [-0.25, -0.2) is 4.98 Å². The van der Waals surface area contributed by atoms with E-state index in [4.69, 9.17) is 11.6 Å². The summed E-state index contributed by atoms with van der Waals surface area (Å²) in [5.41, 5.74) is -0.522. The van der Waals surface area contributed by atoms with Gasteiger partial charge in [0.1, 0.15) is 0 Å². The maximum absolute atomic E-state index is 12.7. The first kappa shape index (κ1) is 12.8. The van der Waals surface area contributed by atoms with Crippen molar-refractivity contribution in [3.63, 3.8) is 0 Å². The molecule has 0 amide bonds. The molecule has 0 atom stereocenters. The lowest BCUT2D eigenvalue weighted by atomic mass is 10.2. The van der Waals surface area contributed by atoms with Crippen LogP contribution in [0.25, 0.3) is 5.69 Å². The quantitative estimate of drug-likeness (QED) is 0.908. The van der Waals surface area contributed by atoms with Crippen LogP contribution in [0.4, 0.5) is 19.1 Å². The molecule has 0 radical (unpaired) electrons. The zero-order chi connectivity index (χ0) is 13.3. The standard InChI is InChI=1S/C11H9ClF3N3/c1-16-10-17-4-5-18(10)7-2-3-9(12)8(6-7)11(13,14)15/h2-6H,1H3,(H,16,17). The molecule has 0 saturated heterocycles. The lowest BCUT2D eigenvalue weighted by Crippen LogP contribution is -2.08. The number of halogens is 4. The second-order valence-corrected chi connectivity index (χ2v) is 3.94. The topological polar surface area (TPSA) is 29.9 Å². The third-order valence-electron chi connectivity index (χ3n) is 2.40. The Balaban J connectivity index is 2.54. The van der Waals surface area contributed by atoms with Crippen LogP contribution >= 0.6 is 11.6 Å². The molecule has 1 aromatic carbocycles. The van der Waals surface area contributed by atoms with Crippen LogP contribution in [-0.2, 0) is 6.18 Å². The highest BCUT2D eigenvalue weighted by Gasteiger charge is 2.33. The van der Waals surface area contributed by atoms with E-state index in [9.17, 15) is 13.2 Å². The molecule has 96 valence electrons. The molecule has 2 aromatic rings. The van der Waals surface area contributed by atoms with E-state index >= 15 is 0 Å². The SMILES string of the molecule is CNc1nccn1-c1ccc(Cl)c(C(F)(F)F)c1. The van der Waals surface area contributed by atoms with Crippen molar-refractivity contribution in [2.45, 2.75) is 6.18 Å². The smallest absolute Gasteiger partial charge is 0.358 e. The molecule has 18 heavy (non-hydrogen) atoms. The summed E-state index contributed by atoms with van der Waals surface area (Å²) in [7, 11) is 1.64. The van der Waals surface area contributed by atoms with Crippen LogP contribution in [0, 0.1) is 0 Å². The van der Waals surface area contributed by atoms with E-state index in [2.05, 4.69) is 10.3 Å². The van der Waals surface area contributed by atoms with Gasteiger partial charge in [-0.15, -0.1) is 0 Å². The Kier molecular flexibility index (Phi) is 3.21. The molecule has 1 aromatic heterocycles. The number of hydrogen-bond donors (Lipinski definition) is 1. The average molecular weight is 276 g/mol. The predicted molar refractivity (Wildman–Crippen MR) is 63.1 cm³/mol. The summed E-state index contributed by atoms with van der Waals surface area (Å²) in [6.45, 7) is 0. The Morgan fingerprint density at radius 1 is 1.33 bits per heavy atom. The first-order valence-electron chi connectivity index (χ1n) is 5.01. The van der Waals surface area contributed by atoms with Gasteiger partial charge in [0.15, 0.2) is 0 Å². The van der Waals surface area contributed by atoms with Crippen LogP contribution in [0.3, 0.4) is 0 Å². The van der Waals surface area contributed by atoms with Gasteiger partial charge in [-0.3, -0.25) is 4.57 Å². The molecule has 0 spiro atoms. The summed E-state index contributed by atoms with van der Waals surface area (Å²) >= 11 is 5.56. The molecule has 0 aliphatic carbocycles. The molecule has 3 nitrogen and oxygen atoms in total. The monoisotopic (exact) mass is 275 g/mol. The van der Waals surface area contributed by atoms with E-state index in [1.54, 1.807) is 13.2 Å². The number of rotatable bonds is 2. The van der Waals surface area contributed by atoms with Crippen LogP contribution in [0.5, 0.6) is 0 Å².